The summed E-state index contributed by atoms with van der Waals surface area (Å²) in [4.78, 5) is 15.8. The molecule has 0 radical (unpaired) electrons. The van der Waals surface area contributed by atoms with Gasteiger partial charge >= 0.3 is 0 Å². The van der Waals surface area contributed by atoms with Gasteiger partial charge in [0.2, 0.25) is 0 Å². The van der Waals surface area contributed by atoms with Crippen LogP contribution < -0.4 is 0 Å². The third-order valence-electron chi connectivity index (χ3n) is 2.47. The van der Waals surface area contributed by atoms with Gasteiger partial charge in [-0.2, -0.15) is 0 Å². The van der Waals surface area contributed by atoms with Gasteiger partial charge in [0.15, 0.2) is 10.8 Å². The molecule has 90 valence electrons. The Bertz CT molecular complexity index is 325. The fourth-order valence-corrected chi connectivity index (χ4v) is 2.78. The first-order valence-corrected chi connectivity index (χ1v) is 7.55. The van der Waals surface area contributed by atoms with Crippen molar-refractivity contribution in [2.24, 2.45) is 0 Å². The van der Waals surface area contributed by atoms with Crippen LogP contribution >= 0.6 is 27.3 Å². The number of halogens is 1. The number of nitrogens with zero attached hydrogens (tertiary/aromatic N) is 1. The van der Waals surface area contributed by atoms with Gasteiger partial charge < -0.3 is 0 Å². The number of carbonyl (C=O) groups excluding carboxylic acids is 1. The van der Waals surface area contributed by atoms with E-state index in [1.54, 1.807) is 0 Å². The fourth-order valence-electron chi connectivity index (χ4n) is 1.56. The van der Waals surface area contributed by atoms with Crippen molar-refractivity contribution in [3.05, 3.63) is 15.0 Å². The highest BCUT2D eigenvalue weighted by atomic mass is 79.9. The summed E-state index contributed by atoms with van der Waals surface area (Å²) in [6.45, 7) is 2.21. The molecule has 0 N–H and O–H groups in total. The minimum absolute atomic E-state index is 0.186. The van der Waals surface area contributed by atoms with E-state index < -0.39 is 0 Å². The van der Waals surface area contributed by atoms with Crippen LogP contribution in [0, 0.1) is 0 Å². The highest BCUT2D eigenvalue weighted by Gasteiger charge is 2.09. The summed E-state index contributed by atoms with van der Waals surface area (Å²) in [7, 11) is 0. The molecular weight excluding hydrogens is 286 g/mol. The lowest BCUT2D eigenvalue weighted by Crippen LogP contribution is -1.97. The standard InChI is InChI=1S/C12H18BrNOS/c1-2-3-4-5-6-7-8-10(15)12-14-11(13)9-16-12/h9H,2-8H2,1H3. The van der Waals surface area contributed by atoms with Gasteiger partial charge in [0, 0.05) is 11.8 Å². The number of thiazole rings is 1. The van der Waals surface area contributed by atoms with Gasteiger partial charge in [0.05, 0.1) is 0 Å². The highest BCUT2D eigenvalue weighted by molar-refractivity contribution is 9.10. The molecule has 0 atom stereocenters. The van der Waals surface area contributed by atoms with E-state index in [-0.39, 0.29) is 5.78 Å². The first-order valence-electron chi connectivity index (χ1n) is 5.88. The molecule has 16 heavy (non-hydrogen) atoms. The number of hydrogen-bond donors (Lipinski definition) is 0. The Morgan fingerprint density at radius 2 is 2.00 bits per heavy atom. The lowest BCUT2D eigenvalue weighted by Gasteiger charge is -1.99. The van der Waals surface area contributed by atoms with Crippen molar-refractivity contribution < 1.29 is 4.79 Å². The van der Waals surface area contributed by atoms with Gasteiger partial charge in [-0.1, -0.05) is 39.0 Å². The zero-order chi connectivity index (χ0) is 11.8. The topological polar surface area (TPSA) is 30.0 Å². The van der Waals surface area contributed by atoms with Crippen LogP contribution in [0.25, 0.3) is 0 Å². The number of rotatable bonds is 8. The molecule has 4 heteroatoms. The predicted molar refractivity (Wildman–Crippen MR) is 72.1 cm³/mol. The number of carbonyl (C=O) groups is 1. The van der Waals surface area contributed by atoms with E-state index in [0.717, 1.165) is 17.4 Å². The van der Waals surface area contributed by atoms with Crippen LogP contribution in [-0.2, 0) is 0 Å². The molecule has 0 fully saturated rings. The molecule has 0 bridgehead atoms. The minimum atomic E-state index is 0.186. The minimum Gasteiger partial charge on any atom is -0.292 e. The summed E-state index contributed by atoms with van der Waals surface area (Å²) < 4.78 is 0.767. The number of unbranched alkanes of at least 4 members (excludes halogenated alkanes) is 5. The Kier molecular flexibility index (Phi) is 6.88. The number of aromatic nitrogens is 1. The lowest BCUT2D eigenvalue weighted by atomic mass is 10.1. The Morgan fingerprint density at radius 3 is 2.62 bits per heavy atom. The summed E-state index contributed by atoms with van der Waals surface area (Å²) in [5.41, 5.74) is 0. The molecule has 2 nitrogen and oxygen atoms in total. The third-order valence-corrected chi connectivity index (χ3v) is 4.06. The van der Waals surface area contributed by atoms with E-state index in [9.17, 15) is 4.79 Å². The molecule has 0 amide bonds. The van der Waals surface area contributed by atoms with E-state index in [1.165, 1.54) is 37.0 Å². The lowest BCUT2D eigenvalue weighted by molar-refractivity contribution is 0.0978. The van der Waals surface area contributed by atoms with Gasteiger partial charge in [-0.05, 0) is 22.4 Å². The van der Waals surface area contributed by atoms with Crippen LogP contribution in [0.15, 0.2) is 9.98 Å². The quantitative estimate of drug-likeness (QED) is 0.508. The van der Waals surface area contributed by atoms with Gasteiger partial charge in [0.1, 0.15) is 4.60 Å². The molecule has 0 aromatic carbocycles. The van der Waals surface area contributed by atoms with E-state index in [1.807, 2.05) is 5.38 Å². The molecule has 1 aromatic heterocycles. The second kappa shape index (κ2) is 7.96. The van der Waals surface area contributed by atoms with E-state index in [2.05, 4.69) is 27.8 Å². The first-order chi connectivity index (χ1) is 7.74. The predicted octanol–water partition coefficient (Wildman–Crippen LogP) is 4.84. The van der Waals surface area contributed by atoms with Gasteiger partial charge in [0.25, 0.3) is 0 Å². The Hall–Kier alpha value is -0.220. The zero-order valence-corrected chi connectivity index (χ0v) is 12.1. The summed E-state index contributed by atoms with van der Waals surface area (Å²) >= 11 is 4.68. The highest BCUT2D eigenvalue weighted by Crippen LogP contribution is 2.17. The molecule has 0 aliphatic rings. The molecule has 0 spiro atoms. The summed E-state index contributed by atoms with van der Waals surface area (Å²) in [6.07, 6.45) is 7.94. The molecule has 0 saturated heterocycles. The van der Waals surface area contributed by atoms with Crippen molar-refractivity contribution in [3.8, 4) is 0 Å². The van der Waals surface area contributed by atoms with Crippen LogP contribution in [0.5, 0.6) is 0 Å². The monoisotopic (exact) mass is 303 g/mol. The second-order valence-corrected chi connectivity index (χ2v) is 5.59. The maximum Gasteiger partial charge on any atom is 0.191 e. The van der Waals surface area contributed by atoms with Crippen LogP contribution in [0.3, 0.4) is 0 Å². The number of Topliss-reactive ketones (excluding diaryl/α,β-unsaturated/α-hetero) is 1. The van der Waals surface area contributed by atoms with Crippen molar-refractivity contribution in [3.63, 3.8) is 0 Å². The molecule has 0 aliphatic carbocycles. The zero-order valence-electron chi connectivity index (χ0n) is 9.67. The van der Waals surface area contributed by atoms with Crippen molar-refractivity contribution in [1.82, 2.24) is 4.98 Å². The molecule has 1 aromatic rings. The normalized spacial score (nSPS) is 10.6. The van der Waals surface area contributed by atoms with Gasteiger partial charge in [-0.3, -0.25) is 4.79 Å². The summed E-state index contributed by atoms with van der Waals surface area (Å²) in [6, 6.07) is 0. The van der Waals surface area contributed by atoms with E-state index in [4.69, 9.17) is 0 Å². The van der Waals surface area contributed by atoms with Crippen LogP contribution in [0.4, 0.5) is 0 Å². The van der Waals surface area contributed by atoms with Crippen molar-refractivity contribution in [2.75, 3.05) is 0 Å². The van der Waals surface area contributed by atoms with Crippen LogP contribution in [0.2, 0.25) is 0 Å². The molecule has 0 unspecified atom stereocenters. The maximum atomic E-state index is 11.7. The largest absolute Gasteiger partial charge is 0.292 e. The molecule has 1 rings (SSSR count). The average molecular weight is 304 g/mol. The molecular formula is C12H18BrNOS. The van der Waals surface area contributed by atoms with Crippen molar-refractivity contribution >= 4 is 33.0 Å². The molecule has 0 aliphatic heterocycles. The fraction of sp³-hybridized carbons (Fsp3) is 0.667. The molecule has 1 heterocycles. The van der Waals surface area contributed by atoms with Gasteiger partial charge in [-0.25, -0.2) is 4.98 Å². The van der Waals surface area contributed by atoms with Crippen molar-refractivity contribution in [1.29, 1.82) is 0 Å². The van der Waals surface area contributed by atoms with Crippen LogP contribution in [-0.4, -0.2) is 10.8 Å². The van der Waals surface area contributed by atoms with E-state index in [0.29, 0.717) is 11.4 Å². The third kappa shape index (κ3) is 5.21. The SMILES string of the molecule is CCCCCCCCC(=O)c1nc(Br)cs1. The van der Waals surface area contributed by atoms with E-state index >= 15 is 0 Å². The van der Waals surface area contributed by atoms with Gasteiger partial charge in [-0.15, -0.1) is 11.3 Å². The summed E-state index contributed by atoms with van der Waals surface area (Å²) in [5, 5.41) is 2.49. The first kappa shape index (κ1) is 13.8. The van der Waals surface area contributed by atoms with Crippen molar-refractivity contribution in [2.45, 2.75) is 51.9 Å². The summed E-state index contributed by atoms with van der Waals surface area (Å²) in [5.74, 6) is 0.186. The average Bonchev–Trinajstić information content (AvgIpc) is 2.70. The number of ketones is 1. The Morgan fingerprint density at radius 1 is 1.31 bits per heavy atom. The number of hydrogen-bond acceptors (Lipinski definition) is 3. The second-order valence-electron chi connectivity index (χ2n) is 3.92. The van der Waals surface area contributed by atoms with Crippen LogP contribution in [0.1, 0.15) is 61.7 Å². The maximum absolute atomic E-state index is 11.7. The molecule has 0 saturated carbocycles. The Balaban J connectivity index is 2.11. The Labute approximate surface area is 110 Å². The smallest absolute Gasteiger partial charge is 0.191 e.